The lowest BCUT2D eigenvalue weighted by Crippen LogP contribution is -2.38. The molecule has 0 spiro atoms. The molecule has 0 heterocycles. The standard InChI is InChI=1S/C4H14N4/c5-1-3-7-8-4-2-6/h7-8H,1-6H2. The van der Waals surface area contributed by atoms with Crippen LogP contribution in [0.1, 0.15) is 0 Å². The van der Waals surface area contributed by atoms with E-state index in [1.807, 2.05) is 0 Å². The highest BCUT2D eigenvalue weighted by Crippen LogP contribution is 1.46. The molecule has 8 heavy (non-hydrogen) atoms. The maximum Gasteiger partial charge on any atom is 0.0223 e. The fourth-order valence-corrected chi connectivity index (χ4v) is 0.321. The van der Waals surface area contributed by atoms with E-state index < -0.39 is 0 Å². The van der Waals surface area contributed by atoms with Gasteiger partial charge in [-0.2, -0.15) is 0 Å². The van der Waals surface area contributed by atoms with E-state index in [0.29, 0.717) is 13.1 Å². The Hall–Kier alpha value is -0.160. The summed E-state index contributed by atoms with van der Waals surface area (Å²) in [6, 6.07) is 0. The molecule has 0 saturated carbocycles. The Labute approximate surface area is 49.6 Å². The van der Waals surface area contributed by atoms with Crippen LogP contribution in [0.5, 0.6) is 0 Å². The zero-order valence-electron chi connectivity index (χ0n) is 4.98. The van der Waals surface area contributed by atoms with Crippen molar-refractivity contribution < 1.29 is 0 Å². The normalized spacial score (nSPS) is 9.75. The zero-order chi connectivity index (χ0) is 6.24. The second kappa shape index (κ2) is 6.84. The van der Waals surface area contributed by atoms with Gasteiger partial charge in [0.05, 0.1) is 0 Å². The van der Waals surface area contributed by atoms with Crippen LogP contribution >= 0.6 is 0 Å². The molecule has 0 radical (unpaired) electrons. The van der Waals surface area contributed by atoms with Crippen molar-refractivity contribution in [2.75, 3.05) is 26.2 Å². The van der Waals surface area contributed by atoms with Gasteiger partial charge in [-0.25, -0.2) is 0 Å². The summed E-state index contributed by atoms with van der Waals surface area (Å²) in [6.45, 7) is 2.88. The molecule has 4 heteroatoms. The molecule has 0 amide bonds. The van der Waals surface area contributed by atoms with Gasteiger partial charge in [-0.05, 0) is 0 Å². The number of hydrogen-bond acceptors (Lipinski definition) is 4. The Morgan fingerprint density at radius 2 is 1.25 bits per heavy atom. The van der Waals surface area contributed by atoms with Crippen LogP contribution in [0.15, 0.2) is 0 Å². The number of nitrogens with one attached hydrogen (secondary N) is 2. The lowest BCUT2D eigenvalue weighted by atomic mass is 10.6. The highest BCUT2D eigenvalue weighted by atomic mass is 15.3. The van der Waals surface area contributed by atoms with Crippen LogP contribution in [0.3, 0.4) is 0 Å². The summed E-state index contributed by atoms with van der Waals surface area (Å²) in [7, 11) is 0. The highest BCUT2D eigenvalue weighted by Gasteiger charge is 1.78. The minimum absolute atomic E-state index is 0.650. The molecule has 0 rings (SSSR count). The van der Waals surface area contributed by atoms with Gasteiger partial charge in [-0.15, -0.1) is 0 Å². The van der Waals surface area contributed by atoms with Crippen molar-refractivity contribution >= 4 is 0 Å². The summed E-state index contributed by atoms with van der Waals surface area (Å²) in [5, 5.41) is 0. The van der Waals surface area contributed by atoms with Crippen molar-refractivity contribution in [2.45, 2.75) is 0 Å². The molecule has 0 aliphatic carbocycles. The van der Waals surface area contributed by atoms with Gasteiger partial charge in [0, 0.05) is 26.2 Å². The molecule has 0 bridgehead atoms. The first kappa shape index (κ1) is 7.84. The SMILES string of the molecule is NCCNNCCN. The molecular formula is C4H14N4. The van der Waals surface area contributed by atoms with Gasteiger partial charge in [-0.3, -0.25) is 10.9 Å². The van der Waals surface area contributed by atoms with Gasteiger partial charge in [0.15, 0.2) is 0 Å². The monoisotopic (exact) mass is 118 g/mol. The average molecular weight is 118 g/mol. The molecule has 50 valence electrons. The van der Waals surface area contributed by atoms with Gasteiger partial charge >= 0.3 is 0 Å². The quantitative estimate of drug-likeness (QED) is 0.249. The van der Waals surface area contributed by atoms with Crippen molar-refractivity contribution in [2.24, 2.45) is 11.5 Å². The number of nitrogens with two attached hydrogens (primary N) is 2. The van der Waals surface area contributed by atoms with E-state index in [-0.39, 0.29) is 0 Å². The lowest BCUT2D eigenvalue weighted by Gasteiger charge is -2.01. The first-order valence-electron chi connectivity index (χ1n) is 2.77. The molecule has 0 aliphatic rings. The summed E-state index contributed by atoms with van der Waals surface area (Å²) in [6.07, 6.45) is 0. The van der Waals surface area contributed by atoms with Crippen LogP contribution < -0.4 is 22.3 Å². The summed E-state index contributed by atoms with van der Waals surface area (Å²) in [5.41, 5.74) is 16.1. The Balaban J connectivity index is 2.53. The summed E-state index contributed by atoms with van der Waals surface area (Å²) < 4.78 is 0. The van der Waals surface area contributed by atoms with Crippen LogP contribution in [0.2, 0.25) is 0 Å². The minimum Gasteiger partial charge on any atom is -0.329 e. The molecule has 0 aromatic heterocycles. The Morgan fingerprint density at radius 1 is 0.875 bits per heavy atom. The number of rotatable bonds is 5. The molecule has 0 fully saturated rings. The second-order valence-corrected chi connectivity index (χ2v) is 1.43. The van der Waals surface area contributed by atoms with Crippen molar-refractivity contribution in [3.8, 4) is 0 Å². The van der Waals surface area contributed by atoms with Crippen LogP contribution in [0, 0.1) is 0 Å². The molecule has 6 N–H and O–H groups in total. The third-order valence-corrected chi connectivity index (χ3v) is 0.664. The van der Waals surface area contributed by atoms with E-state index in [1.165, 1.54) is 0 Å². The van der Waals surface area contributed by atoms with Gasteiger partial charge in [0.25, 0.3) is 0 Å². The van der Waals surface area contributed by atoms with Crippen LogP contribution in [-0.2, 0) is 0 Å². The summed E-state index contributed by atoms with van der Waals surface area (Å²) in [5.74, 6) is 0. The smallest absolute Gasteiger partial charge is 0.0223 e. The van der Waals surface area contributed by atoms with Crippen LogP contribution in [-0.4, -0.2) is 26.2 Å². The lowest BCUT2D eigenvalue weighted by molar-refractivity contribution is 0.546. The van der Waals surface area contributed by atoms with Crippen molar-refractivity contribution in [3.05, 3.63) is 0 Å². The molecule has 0 aromatic rings. The second-order valence-electron chi connectivity index (χ2n) is 1.43. The van der Waals surface area contributed by atoms with Crippen LogP contribution in [0.4, 0.5) is 0 Å². The minimum atomic E-state index is 0.650. The number of hydrogen-bond donors (Lipinski definition) is 4. The van der Waals surface area contributed by atoms with Gasteiger partial charge in [0.2, 0.25) is 0 Å². The Bertz CT molecular complexity index is 33.0. The fraction of sp³-hybridized carbons (Fsp3) is 1.00. The first-order valence-corrected chi connectivity index (χ1v) is 2.77. The molecule has 0 saturated heterocycles. The van der Waals surface area contributed by atoms with Gasteiger partial charge < -0.3 is 11.5 Å². The van der Waals surface area contributed by atoms with E-state index in [0.717, 1.165) is 13.1 Å². The van der Waals surface area contributed by atoms with E-state index in [9.17, 15) is 0 Å². The van der Waals surface area contributed by atoms with Gasteiger partial charge in [-0.1, -0.05) is 0 Å². The van der Waals surface area contributed by atoms with E-state index >= 15 is 0 Å². The number of hydrazine groups is 1. The topological polar surface area (TPSA) is 76.1 Å². The molecule has 4 nitrogen and oxygen atoms in total. The zero-order valence-corrected chi connectivity index (χ0v) is 4.98. The first-order chi connectivity index (χ1) is 3.91. The molecular weight excluding hydrogens is 104 g/mol. The maximum atomic E-state index is 5.18. The maximum absolute atomic E-state index is 5.18. The average Bonchev–Trinajstić information content (AvgIpc) is 1.81. The fourth-order valence-electron chi connectivity index (χ4n) is 0.321. The van der Waals surface area contributed by atoms with Crippen molar-refractivity contribution in [1.82, 2.24) is 10.9 Å². The van der Waals surface area contributed by atoms with E-state index in [2.05, 4.69) is 10.9 Å². The van der Waals surface area contributed by atoms with Crippen molar-refractivity contribution in [3.63, 3.8) is 0 Å². The Morgan fingerprint density at radius 3 is 1.50 bits per heavy atom. The predicted molar refractivity (Wildman–Crippen MR) is 34.1 cm³/mol. The summed E-state index contributed by atoms with van der Waals surface area (Å²) >= 11 is 0. The predicted octanol–water partition coefficient (Wildman–Crippen LogP) is -2.00. The Kier molecular flexibility index (Phi) is 6.70. The largest absolute Gasteiger partial charge is 0.329 e. The molecule has 0 unspecified atom stereocenters. The highest BCUT2D eigenvalue weighted by molar-refractivity contribution is 4.41. The van der Waals surface area contributed by atoms with E-state index in [4.69, 9.17) is 11.5 Å². The molecule has 0 aliphatic heterocycles. The molecule has 0 aromatic carbocycles. The third-order valence-electron chi connectivity index (χ3n) is 0.664. The van der Waals surface area contributed by atoms with E-state index in [1.54, 1.807) is 0 Å². The molecule has 0 atom stereocenters. The van der Waals surface area contributed by atoms with Crippen LogP contribution in [0.25, 0.3) is 0 Å². The van der Waals surface area contributed by atoms with Crippen molar-refractivity contribution in [1.29, 1.82) is 0 Å². The van der Waals surface area contributed by atoms with Gasteiger partial charge in [0.1, 0.15) is 0 Å². The third kappa shape index (κ3) is 5.84. The summed E-state index contributed by atoms with van der Waals surface area (Å²) in [4.78, 5) is 0.